The highest BCUT2D eigenvalue weighted by Gasteiger charge is 2.23. The van der Waals surface area contributed by atoms with Crippen LogP contribution in [0.15, 0.2) is 47.1 Å². The van der Waals surface area contributed by atoms with Crippen LogP contribution in [0.4, 0.5) is 5.69 Å². The van der Waals surface area contributed by atoms with E-state index in [2.05, 4.69) is 16.0 Å². The highest BCUT2D eigenvalue weighted by molar-refractivity contribution is 5.99. The van der Waals surface area contributed by atoms with Crippen molar-refractivity contribution in [2.24, 2.45) is 0 Å². The Balaban J connectivity index is 1.52. The Hall–Kier alpha value is -3.09. The minimum absolute atomic E-state index is 0.140. The van der Waals surface area contributed by atoms with Crippen molar-refractivity contribution >= 4 is 23.4 Å². The number of hydrogen-bond donors (Lipinski definition) is 3. The third-order valence-electron chi connectivity index (χ3n) is 3.48. The molecule has 1 aliphatic carbocycles. The highest BCUT2D eigenvalue weighted by Crippen LogP contribution is 2.20. The topological polar surface area (TPSA) is 100 Å². The number of amides is 3. The van der Waals surface area contributed by atoms with Crippen molar-refractivity contribution in [3.8, 4) is 0 Å². The second-order valence-electron chi connectivity index (χ2n) is 5.54. The number of rotatable bonds is 6. The summed E-state index contributed by atoms with van der Waals surface area (Å²) in [4.78, 5) is 35.6. The number of nitrogens with one attached hydrogen (secondary N) is 3. The normalized spacial score (nSPS) is 13.2. The molecule has 0 radical (unpaired) electrons. The minimum atomic E-state index is -0.465. The zero-order valence-corrected chi connectivity index (χ0v) is 12.9. The van der Waals surface area contributed by atoms with Crippen molar-refractivity contribution in [3.63, 3.8) is 0 Å². The van der Waals surface area contributed by atoms with E-state index >= 15 is 0 Å². The van der Waals surface area contributed by atoms with Gasteiger partial charge >= 0.3 is 0 Å². The van der Waals surface area contributed by atoms with Gasteiger partial charge in [-0.2, -0.15) is 0 Å². The molecule has 2 aromatic rings. The van der Waals surface area contributed by atoms with Gasteiger partial charge in [0.2, 0.25) is 5.91 Å². The first-order chi connectivity index (χ1) is 11.6. The van der Waals surface area contributed by atoms with Gasteiger partial charge in [-0.25, -0.2) is 0 Å². The van der Waals surface area contributed by atoms with Gasteiger partial charge in [0.25, 0.3) is 11.8 Å². The molecule has 1 saturated carbocycles. The van der Waals surface area contributed by atoms with E-state index in [1.54, 1.807) is 30.3 Å². The molecule has 3 amide bonds. The fraction of sp³-hybridized carbons (Fsp3) is 0.235. The maximum Gasteiger partial charge on any atom is 0.287 e. The van der Waals surface area contributed by atoms with Crippen LogP contribution in [0.5, 0.6) is 0 Å². The van der Waals surface area contributed by atoms with Gasteiger partial charge in [-0.05, 0) is 43.2 Å². The number of furan rings is 1. The monoisotopic (exact) mass is 327 g/mol. The van der Waals surface area contributed by atoms with E-state index in [0.717, 1.165) is 12.8 Å². The van der Waals surface area contributed by atoms with Crippen molar-refractivity contribution in [2.45, 2.75) is 18.9 Å². The molecule has 0 bridgehead atoms. The van der Waals surface area contributed by atoms with Gasteiger partial charge in [-0.15, -0.1) is 0 Å². The number of anilines is 1. The molecule has 7 nitrogen and oxygen atoms in total. The SMILES string of the molecule is O=C(CNC(=O)c1ccco1)Nc1cccc(C(=O)NC2CC2)c1. The lowest BCUT2D eigenvalue weighted by atomic mass is 10.2. The summed E-state index contributed by atoms with van der Waals surface area (Å²) in [5.74, 6) is -0.872. The van der Waals surface area contributed by atoms with Crippen LogP contribution in [0.3, 0.4) is 0 Å². The van der Waals surface area contributed by atoms with Crippen LogP contribution < -0.4 is 16.0 Å². The molecule has 0 unspecified atom stereocenters. The van der Waals surface area contributed by atoms with Gasteiger partial charge in [0.05, 0.1) is 12.8 Å². The van der Waals surface area contributed by atoms with Crippen molar-refractivity contribution in [1.82, 2.24) is 10.6 Å². The summed E-state index contributed by atoms with van der Waals surface area (Å²) < 4.78 is 4.94. The Bertz CT molecular complexity index is 751. The van der Waals surface area contributed by atoms with E-state index < -0.39 is 11.8 Å². The predicted molar refractivity (Wildman–Crippen MR) is 86.6 cm³/mol. The van der Waals surface area contributed by atoms with E-state index in [1.165, 1.54) is 12.3 Å². The molecule has 1 aromatic heterocycles. The summed E-state index contributed by atoms with van der Waals surface area (Å²) in [6.45, 7) is -0.196. The summed E-state index contributed by atoms with van der Waals surface area (Å²) in [5, 5.41) is 7.98. The van der Waals surface area contributed by atoms with Gasteiger partial charge < -0.3 is 20.4 Å². The van der Waals surface area contributed by atoms with Gasteiger partial charge in [0.15, 0.2) is 5.76 Å². The quantitative estimate of drug-likeness (QED) is 0.749. The van der Waals surface area contributed by atoms with E-state index in [4.69, 9.17) is 4.42 Å². The van der Waals surface area contributed by atoms with Crippen LogP contribution in [0.1, 0.15) is 33.8 Å². The van der Waals surface area contributed by atoms with Crippen molar-refractivity contribution < 1.29 is 18.8 Å². The maximum absolute atomic E-state index is 12.0. The molecular formula is C17H17N3O4. The van der Waals surface area contributed by atoms with E-state index in [-0.39, 0.29) is 24.3 Å². The first kappa shape index (κ1) is 15.8. The summed E-state index contributed by atoms with van der Waals surface area (Å²) >= 11 is 0. The van der Waals surface area contributed by atoms with Crippen LogP contribution >= 0.6 is 0 Å². The molecular weight excluding hydrogens is 310 g/mol. The first-order valence-corrected chi connectivity index (χ1v) is 7.64. The van der Waals surface area contributed by atoms with Crippen molar-refractivity contribution in [3.05, 3.63) is 54.0 Å². The zero-order valence-electron chi connectivity index (χ0n) is 12.9. The molecule has 3 rings (SSSR count). The molecule has 3 N–H and O–H groups in total. The average Bonchev–Trinajstić information content (AvgIpc) is 3.22. The molecule has 1 fully saturated rings. The van der Waals surface area contributed by atoms with Crippen LogP contribution in [-0.4, -0.2) is 30.3 Å². The Kier molecular flexibility index (Phi) is 4.60. The minimum Gasteiger partial charge on any atom is -0.459 e. The lowest BCUT2D eigenvalue weighted by Crippen LogP contribution is -2.32. The molecule has 124 valence electrons. The van der Waals surface area contributed by atoms with Crippen LogP contribution in [0.25, 0.3) is 0 Å². The van der Waals surface area contributed by atoms with Crippen molar-refractivity contribution in [1.29, 1.82) is 0 Å². The summed E-state index contributed by atoms with van der Waals surface area (Å²) in [6.07, 6.45) is 3.40. The van der Waals surface area contributed by atoms with Gasteiger partial charge in [-0.1, -0.05) is 6.07 Å². The number of carbonyl (C=O) groups excluding carboxylic acids is 3. The van der Waals surface area contributed by atoms with E-state index in [9.17, 15) is 14.4 Å². The fourth-order valence-corrected chi connectivity index (χ4v) is 2.10. The Morgan fingerprint density at radius 2 is 1.92 bits per heavy atom. The molecule has 1 heterocycles. The molecule has 24 heavy (non-hydrogen) atoms. The number of benzene rings is 1. The number of carbonyl (C=O) groups is 3. The smallest absolute Gasteiger partial charge is 0.287 e. The zero-order chi connectivity index (χ0) is 16.9. The molecule has 1 aromatic carbocycles. The second kappa shape index (κ2) is 6.99. The van der Waals surface area contributed by atoms with Gasteiger partial charge in [0, 0.05) is 17.3 Å². The third kappa shape index (κ3) is 4.22. The van der Waals surface area contributed by atoms with E-state index in [1.807, 2.05) is 0 Å². The average molecular weight is 327 g/mol. The fourth-order valence-electron chi connectivity index (χ4n) is 2.10. The van der Waals surface area contributed by atoms with Gasteiger partial charge in [0.1, 0.15) is 0 Å². The Morgan fingerprint density at radius 1 is 1.08 bits per heavy atom. The largest absolute Gasteiger partial charge is 0.459 e. The summed E-state index contributed by atoms with van der Waals surface area (Å²) in [6, 6.07) is 10.0. The third-order valence-corrected chi connectivity index (χ3v) is 3.48. The molecule has 1 aliphatic rings. The predicted octanol–water partition coefficient (Wildman–Crippen LogP) is 1.54. The lowest BCUT2D eigenvalue weighted by molar-refractivity contribution is -0.115. The highest BCUT2D eigenvalue weighted by atomic mass is 16.3. The Morgan fingerprint density at radius 3 is 2.62 bits per heavy atom. The number of hydrogen-bond acceptors (Lipinski definition) is 4. The first-order valence-electron chi connectivity index (χ1n) is 7.64. The lowest BCUT2D eigenvalue weighted by Gasteiger charge is -2.08. The molecule has 7 heteroatoms. The molecule has 0 aliphatic heterocycles. The summed E-state index contributed by atoms with van der Waals surface area (Å²) in [7, 11) is 0. The van der Waals surface area contributed by atoms with Gasteiger partial charge in [-0.3, -0.25) is 14.4 Å². The van der Waals surface area contributed by atoms with Crippen LogP contribution in [0.2, 0.25) is 0 Å². The molecule has 0 spiro atoms. The van der Waals surface area contributed by atoms with Crippen LogP contribution in [-0.2, 0) is 4.79 Å². The van der Waals surface area contributed by atoms with E-state index in [0.29, 0.717) is 11.3 Å². The van der Waals surface area contributed by atoms with Crippen LogP contribution in [0, 0.1) is 0 Å². The Labute approximate surface area is 138 Å². The molecule has 0 atom stereocenters. The maximum atomic E-state index is 12.0. The standard InChI is InChI=1S/C17H17N3O4/c21-15(10-18-17(23)14-5-2-8-24-14)19-13-4-1-3-11(9-13)16(22)20-12-6-7-12/h1-5,8-9,12H,6-7,10H2,(H,18,23)(H,19,21)(H,20,22). The molecule has 0 saturated heterocycles. The van der Waals surface area contributed by atoms with Crippen molar-refractivity contribution in [2.75, 3.05) is 11.9 Å². The second-order valence-corrected chi connectivity index (χ2v) is 5.54. The summed E-state index contributed by atoms with van der Waals surface area (Å²) in [5.41, 5.74) is 0.981.